The van der Waals surface area contributed by atoms with E-state index in [1.165, 1.54) is 30.4 Å². The van der Waals surface area contributed by atoms with Crippen LogP contribution in [0.15, 0.2) is 90.0 Å². The molecule has 182 valence electrons. The van der Waals surface area contributed by atoms with Crippen molar-refractivity contribution in [1.29, 1.82) is 0 Å². The molecule has 2 heterocycles. The third kappa shape index (κ3) is 5.72. The highest BCUT2D eigenvalue weighted by Gasteiger charge is 2.19. The smallest absolute Gasteiger partial charge is 0.167 e. The average molecular weight is 487 g/mol. The van der Waals surface area contributed by atoms with Gasteiger partial charge in [-0.2, -0.15) is 5.10 Å². The Morgan fingerprint density at radius 2 is 1.72 bits per heavy atom. The molecule has 0 radical (unpaired) electrons. The topological polar surface area (TPSA) is 66.0 Å². The molecule has 0 spiro atoms. The third-order valence-corrected chi connectivity index (χ3v) is 5.88. The fourth-order valence-electron chi connectivity index (χ4n) is 3.91. The molecule has 1 unspecified atom stereocenters. The number of ether oxygens (including phenoxy) is 1. The number of rotatable bonds is 9. The van der Waals surface area contributed by atoms with Gasteiger partial charge in [0, 0.05) is 29.7 Å². The van der Waals surface area contributed by atoms with Crippen LogP contribution in [0.1, 0.15) is 34.1 Å². The molecule has 0 amide bonds. The number of hydrogen-bond acceptors (Lipinski definition) is 5. The maximum atomic E-state index is 14.5. The SMILES string of the molecule is Cc1ccc(-c2cc(Cc3ccc(COC(Cn4cncn4)c4ccc(F)cc4F)cc3)no2)cc1. The van der Waals surface area contributed by atoms with Gasteiger partial charge >= 0.3 is 0 Å². The van der Waals surface area contributed by atoms with Gasteiger partial charge in [0.25, 0.3) is 0 Å². The molecule has 36 heavy (non-hydrogen) atoms. The first kappa shape index (κ1) is 23.6. The van der Waals surface area contributed by atoms with E-state index in [4.69, 9.17) is 9.26 Å². The van der Waals surface area contributed by atoms with Crippen molar-refractivity contribution in [3.8, 4) is 11.3 Å². The highest BCUT2D eigenvalue weighted by Crippen LogP contribution is 2.25. The van der Waals surface area contributed by atoms with E-state index in [9.17, 15) is 8.78 Å². The summed E-state index contributed by atoms with van der Waals surface area (Å²) in [6.07, 6.45) is 2.89. The van der Waals surface area contributed by atoms with Crippen LogP contribution in [-0.2, 0) is 24.3 Å². The Morgan fingerprint density at radius 3 is 2.44 bits per heavy atom. The van der Waals surface area contributed by atoms with Gasteiger partial charge in [-0.1, -0.05) is 65.3 Å². The van der Waals surface area contributed by atoms with E-state index in [1.807, 2.05) is 61.5 Å². The first-order chi connectivity index (χ1) is 17.5. The lowest BCUT2D eigenvalue weighted by Gasteiger charge is -2.19. The minimum atomic E-state index is -0.665. The summed E-state index contributed by atoms with van der Waals surface area (Å²) in [5.41, 5.74) is 5.28. The van der Waals surface area contributed by atoms with E-state index >= 15 is 0 Å². The van der Waals surface area contributed by atoms with Crippen molar-refractivity contribution in [2.45, 2.75) is 32.6 Å². The van der Waals surface area contributed by atoms with Crippen molar-refractivity contribution >= 4 is 0 Å². The second-order valence-electron chi connectivity index (χ2n) is 8.62. The Morgan fingerprint density at radius 1 is 0.944 bits per heavy atom. The molecule has 6 nitrogen and oxygen atoms in total. The number of hydrogen-bond donors (Lipinski definition) is 0. The minimum absolute atomic E-state index is 0.246. The Labute approximate surface area is 207 Å². The normalized spacial score (nSPS) is 12.1. The van der Waals surface area contributed by atoms with E-state index in [0.29, 0.717) is 6.42 Å². The highest BCUT2D eigenvalue weighted by molar-refractivity contribution is 5.57. The van der Waals surface area contributed by atoms with Gasteiger partial charge < -0.3 is 9.26 Å². The largest absolute Gasteiger partial charge is 0.367 e. The maximum Gasteiger partial charge on any atom is 0.167 e. The zero-order chi connectivity index (χ0) is 24.9. The van der Waals surface area contributed by atoms with Gasteiger partial charge in [0.1, 0.15) is 30.4 Å². The molecule has 0 aliphatic carbocycles. The first-order valence-corrected chi connectivity index (χ1v) is 11.5. The summed E-state index contributed by atoms with van der Waals surface area (Å²) in [6.45, 7) is 2.54. The van der Waals surface area contributed by atoms with Crippen LogP contribution < -0.4 is 0 Å². The van der Waals surface area contributed by atoms with Gasteiger partial charge in [-0.25, -0.2) is 13.8 Å². The van der Waals surface area contributed by atoms with Gasteiger partial charge in [0.15, 0.2) is 5.76 Å². The Hall–Kier alpha value is -4.17. The van der Waals surface area contributed by atoms with E-state index in [0.717, 1.165) is 34.2 Å². The fraction of sp³-hybridized carbons (Fsp3) is 0.179. The van der Waals surface area contributed by atoms with Crippen molar-refractivity contribution < 1.29 is 18.0 Å². The molecule has 8 heteroatoms. The minimum Gasteiger partial charge on any atom is -0.367 e. The van der Waals surface area contributed by atoms with Crippen molar-refractivity contribution in [1.82, 2.24) is 19.9 Å². The second-order valence-corrected chi connectivity index (χ2v) is 8.62. The van der Waals surface area contributed by atoms with Crippen LogP contribution in [0.3, 0.4) is 0 Å². The summed E-state index contributed by atoms with van der Waals surface area (Å²) in [4.78, 5) is 3.92. The second kappa shape index (κ2) is 10.6. The Balaban J connectivity index is 1.24. The summed E-state index contributed by atoms with van der Waals surface area (Å²) in [7, 11) is 0. The maximum absolute atomic E-state index is 14.5. The van der Waals surface area contributed by atoms with Crippen LogP contribution in [0.5, 0.6) is 0 Å². The Kier molecular flexibility index (Phi) is 6.95. The zero-order valence-electron chi connectivity index (χ0n) is 19.6. The van der Waals surface area contributed by atoms with Crippen LogP contribution >= 0.6 is 0 Å². The lowest BCUT2D eigenvalue weighted by Crippen LogP contribution is -2.15. The summed E-state index contributed by atoms with van der Waals surface area (Å²) in [6, 6.07) is 21.5. The molecule has 5 rings (SSSR count). The predicted molar refractivity (Wildman–Crippen MR) is 130 cm³/mol. The summed E-state index contributed by atoms with van der Waals surface area (Å²) >= 11 is 0. The number of aromatic nitrogens is 4. The molecule has 0 aliphatic rings. The van der Waals surface area contributed by atoms with Crippen LogP contribution in [0.25, 0.3) is 11.3 Å². The monoisotopic (exact) mass is 486 g/mol. The van der Waals surface area contributed by atoms with Gasteiger partial charge in [0.2, 0.25) is 0 Å². The van der Waals surface area contributed by atoms with Gasteiger partial charge in [-0.15, -0.1) is 0 Å². The molecule has 1 atom stereocenters. The number of halogens is 2. The van der Waals surface area contributed by atoms with Gasteiger partial charge in [0.05, 0.1) is 18.8 Å². The summed E-state index contributed by atoms with van der Waals surface area (Å²) < 4.78 is 41.0. The standard InChI is InChI=1S/C28H24F2N4O2/c1-19-2-8-22(9-3-19)27-14-24(33-36-27)12-20-4-6-21(7-5-20)16-35-28(15-34-18-31-17-32-34)25-11-10-23(29)13-26(25)30/h2-11,13-14,17-18,28H,12,15-16H2,1H3. The van der Waals surface area contributed by atoms with E-state index in [-0.39, 0.29) is 18.7 Å². The lowest BCUT2D eigenvalue weighted by molar-refractivity contribution is 0.0233. The van der Waals surface area contributed by atoms with E-state index in [1.54, 1.807) is 4.68 Å². The van der Waals surface area contributed by atoms with Gasteiger partial charge in [-0.3, -0.25) is 4.68 Å². The molecule has 3 aromatic carbocycles. The van der Waals surface area contributed by atoms with Crippen molar-refractivity contribution in [3.63, 3.8) is 0 Å². The van der Waals surface area contributed by atoms with Crippen molar-refractivity contribution in [2.24, 2.45) is 0 Å². The molecule has 0 saturated carbocycles. The van der Waals surface area contributed by atoms with Crippen LogP contribution in [-0.4, -0.2) is 19.9 Å². The molecule has 0 aliphatic heterocycles. The molecule has 0 saturated heterocycles. The zero-order valence-corrected chi connectivity index (χ0v) is 19.6. The molecule has 0 fully saturated rings. The molecule has 2 aromatic heterocycles. The quantitative estimate of drug-likeness (QED) is 0.253. The highest BCUT2D eigenvalue weighted by atomic mass is 19.1. The van der Waals surface area contributed by atoms with E-state index < -0.39 is 17.7 Å². The number of aryl methyl sites for hydroxylation is 1. The lowest BCUT2D eigenvalue weighted by atomic mass is 10.1. The third-order valence-electron chi connectivity index (χ3n) is 5.88. The van der Waals surface area contributed by atoms with Crippen LogP contribution in [0.2, 0.25) is 0 Å². The fourth-order valence-corrected chi connectivity index (χ4v) is 3.91. The number of benzene rings is 3. The number of nitrogens with zero attached hydrogens (tertiary/aromatic N) is 4. The molecular formula is C28H24F2N4O2. The van der Waals surface area contributed by atoms with E-state index in [2.05, 4.69) is 15.2 Å². The average Bonchev–Trinajstić information content (AvgIpc) is 3.56. The van der Waals surface area contributed by atoms with Crippen LogP contribution in [0.4, 0.5) is 8.78 Å². The van der Waals surface area contributed by atoms with Crippen molar-refractivity contribution in [2.75, 3.05) is 0 Å². The molecular weight excluding hydrogens is 462 g/mol. The van der Waals surface area contributed by atoms with Crippen molar-refractivity contribution in [3.05, 3.63) is 125 Å². The van der Waals surface area contributed by atoms with Gasteiger partial charge in [-0.05, 0) is 24.1 Å². The molecule has 5 aromatic rings. The Bertz CT molecular complexity index is 1420. The first-order valence-electron chi connectivity index (χ1n) is 11.5. The summed E-state index contributed by atoms with van der Waals surface area (Å²) in [5.74, 6) is -0.556. The predicted octanol–water partition coefficient (Wildman–Crippen LogP) is 6.07. The van der Waals surface area contributed by atoms with Crippen LogP contribution in [0, 0.1) is 18.6 Å². The summed E-state index contributed by atoms with van der Waals surface area (Å²) in [5, 5.41) is 8.28. The molecule has 0 bridgehead atoms. The molecule has 0 N–H and O–H groups in total.